The molecule has 0 spiro atoms. The van der Waals surface area contributed by atoms with Gasteiger partial charge in [0.25, 0.3) is 0 Å². The minimum absolute atomic E-state index is 0.0303. The highest BCUT2D eigenvalue weighted by Crippen LogP contribution is 2.27. The second-order valence-electron chi connectivity index (χ2n) is 3.65. The van der Waals surface area contributed by atoms with Gasteiger partial charge in [0.1, 0.15) is 11.4 Å². The van der Waals surface area contributed by atoms with Crippen LogP contribution in [0, 0.1) is 0 Å². The molecular formula is C13H10N2O4S. The van der Waals surface area contributed by atoms with Crippen molar-refractivity contribution in [1.29, 1.82) is 0 Å². The van der Waals surface area contributed by atoms with Gasteiger partial charge in [-0.05, 0) is 24.3 Å². The molecule has 2 aromatic heterocycles. The van der Waals surface area contributed by atoms with E-state index in [1.165, 1.54) is 37.3 Å². The molecule has 0 aliphatic heterocycles. The molecule has 1 N–H and O–H groups in total. The lowest BCUT2D eigenvalue weighted by molar-refractivity contribution is 0.0592. The van der Waals surface area contributed by atoms with Crippen molar-refractivity contribution in [3.63, 3.8) is 0 Å². The van der Waals surface area contributed by atoms with E-state index in [2.05, 4.69) is 14.7 Å². The van der Waals surface area contributed by atoms with E-state index in [-0.39, 0.29) is 11.4 Å². The summed E-state index contributed by atoms with van der Waals surface area (Å²) in [4.78, 5) is 31.3. The van der Waals surface area contributed by atoms with Crippen LogP contribution < -0.4 is 0 Å². The summed E-state index contributed by atoms with van der Waals surface area (Å²) in [6, 6.07) is 6.45. The number of methoxy groups -OCH3 is 1. The number of esters is 1. The summed E-state index contributed by atoms with van der Waals surface area (Å²) in [5.41, 5.74) is 0.169. The zero-order valence-electron chi connectivity index (χ0n) is 10.4. The van der Waals surface area contributed by atoms with Gasteiger partial charge in [-0.15, -0.1) is 0 Å². The van der Waals surface area contributed by atoms with E-state index in [1.54, 1.807) is 18.2 Å². The maximum absolute atomic E-state index is 11.4. The van der Waals surface area contributed by atoms with Crippen LogP contribution in [0.3, 0.4) is 0 Å². The van der Waals surface area contributed by atoms with E-state index in [1.807, 2.05) is 0 Å². The Balaban J connectivity index is 2.24. The van der Waals surface area contributed by atoms with Crippen LogP contribution in [0.25, 0.3) is 0 Å². The van der Waals surface area contributed by atoms with Gasteiger partial charge < -0.3 is 9.84 Å². The molecule has 20 heavy (non-hydrogen) atoms. The van der Waals surface area contributed by atoms with Gasteiger partial charge in [0.05, 0.1) is 7.11 Å². The lowest BCUT2D eigenvalue weighted by Crippen LogP contribution is -2.03. The SMILES string of the molecule is COC(=O)c1cc(Sc2ccnc(C(=O)O)c2)ccn1. The van der Waals surface area contributed by atoms with E-state index in [4.69, 9.17) is 5.11 Å². The van der Waals surface area contributed by atoms with Crippen molar-refractivity contribution in [2.75, 3.05) is 7.11 Å². The van der Waals surface area contributed by atoms with Gasteiger partial charge in [0, 0.05) is 22.2 Å². The molecule has 2 rings (SSSR count). The molecule has 0 atom stereocenters. The van der Waals surface area contributed by atoms with Crippen LogP contribution >= 0.6 is 11.8 Å². The Morgan fingerprint density at radius 1 is 1.10 bits per heavy atom. The molecule has 2 aromatic rings. The largest absolute Gasteiger partial charge is 0.477 e. The number of nitrogens with zero attached hydrogens (tertiary/aromatic N) is 2. The fourth-order valence-electron chi connectivity index (χ4n) is 1.42. The van der Waals surface area contributed by atoms with Crippen LogP contribution in [0.4, 0.5) is 0 Å². The number of ether oxygens (including phenoxy) is 1. The molecule has 0 aliphatic rings. The second kappa shape index (κ2) is 6.16. The predicted molar refractivity (Wildman–Crippen MR) is 70.9 cm³/mol. The Morgan fingerprint density at radius 3 is 2.20 bits per heavy atom. The van der Waals surface area contributed by atoms with Crippen molar-refractivity contribution in [2.45, 2.75) is 9.79 Å². The van der Waals surface area contributed by atoms with Crippen LogP contribution in [0.15, 0.2) is 46.5 Å². The van der Waals surface area contributed by atoms with Gasteiger partial charge in [-0.25, -0.2) is 19.6 Å². The smallest absolute Gasteiger partial charge is 0.356 e. The van der Waals surface area contributed by atoms with Gasteiger partial charge in [0.15, 0.2) is 0 Å². The van der Waals surface area contributed by atoms with Gasteiger partial charge in [-0.3, -0.25) is 0 Å². The van der Waals surface area contributed by atoms with E-state index in [0.29, 0.717) is 4.90 Å². The highest BCUT2D eigenvalue weighted by atomic mass is 32.2. The first-order chi connectivity index (χ1) is 9.60. The van der Waals surface area contributed by atoms with E-state index < -0.39 is 11.9 Å². The fraction of sp³-hybridized carbons (Fsp3) is 0.0769. The molecule has 102 valence electrons. The number of carbonyl (C=O) groups excluding carboxylic acids is 1. The number of aromatic carboxylic acids is 1. The molecule has 0 amide bonds. The molecule has 0 saturated heterocycles. The first kappa shape index (κ1) is 14.0. The standard InChI is InChI=1S/C13H10N2O4S/c1-19-13(18)11-7-9(3-5-15-11)20-8-2-4-14-10(6-8)12(16)17/h2-7H,1H3,(H,16,17). The lowest BCUT2D eigenvalue weighted by Gasteiger charge is -2.04. The molecule has 0 radical (unpaired) electrons. The van der Waals surface area contributed by atoms with Crippen molar-refractivity contribution in [3.05, 3.63) is 48.0 Å². The third-order valence-corrected chi connectivity index (χ3v) is 3.29. The van der Waals surface area contributed by atoms with Crippen molar-refractivity contribution in [3.8, 4) is 0 Å². The maximum atomic E-state index is 11.4. The maximum Gasteiger partial charge on any atom is 0.356 e. The first-order valence-corrected chi connectivity index (χ1v) is 6.33. The summed E-state index contributed by atoms with van der Waals surface area (Å²) in [5.74, 6) is -1.61. The number of carboxylic acid groups (broad SMARTS) is 1. The highest BCUT2D eigenvalue weighted by Gasteiger charge is 2.09. The molecule has 0 saturated carbocycles. The number of carboxylic acids is 1. The summed E-state index contributed by atoms with van der Waals surface area (Å²) in [6.45, 7) is 0. The summed E-state index contributed by atoms with van der Waals surface area (Å²) < 4.78 is 4.59. The summed E-state index contributed by atoms with van der Waals surface area (Å²) >= 11 is 1.31. The number of carbonyl (C=O) groups is 2. The van der Waals surface area contributed by atoms with Crippen LogP contribution in [0.2, 0.25) is 0 Å². The predicted octanol–water partition coefficient (Wildman–Crippen LogP) is 2.11. The monoisotopic (exact) mass is 290 g/mol. The van der Waals surface area contributed by atoms with E-state index in [0.717, 1.165) is 4.90 Å². The third-order valence-electron chi connectivity index (χ3n) is 2.31. The molecule has 0 aliphatic carbocycles. The molecule has 0 unspecified atom stereocenters. The molecule has 0 aromatic carbocycles. The lowest BCUT2D eigenvalue weighted by atomic mass is 10.3. The van der Waals surface area contributed by atoms with Crippen molar-refractivity contribution in [2.24, 2.45) is 0 Å². The number of pyridine rings is 2. The second-order valence-corrected chi connectivity index (χ2v) is 4.80. The Morgan fingerprint density at radius 2 is 1.65 bits per heavy atom. The van der Waals surface area contributed by atoms with E-state index >= 15 is 0 Å². The Labute approximate surface area is 118 Å². The first-order valence-electron chi connectivity index (χ1n) is 5.51. The molecule has 0 bridgehead atoms. The topological polar surface area (TPSA) is 89.4 Å². The van der Waals surface area contributed by atoms with Crippen LogP contribution in [0.5, 0.6) is 0 Å². The number of aromatic nitrogens is 2. The van der Waals surface area contributed by atoms with Crippen molar-refractivity contribution in [1.82, 2.24) is 9.97 Å². The summed E-state index contributed by atoms with van der Waals surface area (Å²) in [5, 5.41) is 8.88. The molecule has 6 nitrogen and oxygen atoms in total. The number of hydrogen-bond donors (Lipinski definition) is 1. The van der Waals surface area contributed by atoms with Gasteiger partial charge in [0.2, 0.25) is 0 Å². The van der Waals surface area contributed by atoms with Crippen molar-refractivity contribution >= 4 is 23.7 Å². The van der Waals surface area contributed by atoms with Gasteiger partial charge in [-0.1, -0.05) is 11.8 Å². The highest BCUT2D eigenvalue weighted by molar-refractivity contribution is 7.99. The van der Waals surface area contributed by atoms with Crippen LogP contribution in [-0.4, -0.2) is 34.1 Å². The zero-order chi connectivity index (χ0) is 14.5. The summed E-state index contributed by atoms with van der Waals surface area (Å²) in [7, 11) is 1.28. The normalized spacial score (nSPS) is 10.1. The molecule has 7 heteroatoms. The Bertz CT molecular complexity index is 660. The summed E-state index contributed by atoms with van der Waals surface area (Å²) in [6.07, 6.45) is 2.92. The Hall–Kier alpha value is -2.41. The minimum atomic E-state index is -1.09. The number of rotatable bonds is 4. The molecule has 2 heterocycles. The van der Waals surface area contributed by atoms with Crippen LogP contribution in [0.1, 0.15) is 21.0 Å². The third kappa shape index (κ3) is 3.33. The van der Waals surface area contributed by atoms with Gasteiger partial charge >= 0.3 is 11.9 Å². The average molecular weight is 290 g/mol. The van der Waals surface area contributed by atoms with Crippen molar-refractivity contribution < 1.29 is 19.4 Å². The Kier molecular flexibility index (Phi) is 4.31. The minimum Gasteiger partial charge on any atom is -0.477 e. The van der Waals surface area contributed by atoms with Gasteiger partial charge in [-0.2, -0.15) is 0 Å². The molecule has 0 fully saturated rings. The fourth-order valence-corrected chi connectivity index (χ4v) is 2.29. The van der Waals surface area contributed by atoms with E-state index in [9.17, 15) is 9.59 Å². The quantitative estimate of drug-likeness (QED) is 0.862. The number of hydrogen-bond acceptors (Lipinski definition) is 6. The average Bonchev–Trinajstić information content (AvgIpc) is 2.47. The van der Waals surface area contributed by atoms with Crippen LogP contribution in [-0.2, 0) is 4.74 Å². The molecular weight excluding hydrogens is 280 g/mol. The zero-order valence-corrected chi connectivity index (χ0v) is 11.3.